The largest absolute Gasteiger partial charge is 0.493 e. The van der Waals surface area contributed by atoms with Crippen molar-refractivity contribution in [3.05, 3.63) is 53.1 Å². The number of methoxy groups -OCH3 is 1. The number of carbonyl (C=O) groups is 1. The van der Waals surface area contributed by atoms with Gasteiger partial charge in [-0.25, -0.2) is 0 Å². The van der Waals surface area contributed by atoms with Gasteiger partial charge < -0.3 is 18.9 Å². The highest BCUT2D eigenvalue weighted by atomic mass is 16.6. The Bertz CT molecular complexity index is 820. The van der Waals surface area contributed by atoms with Crippen LogP contribution in [0.3, 0.4) is 0 Å². The standard InChI is InChI=1S/C19H16O5/c1-21-16-9-12(10-17-19(16)23-7-6-22-17)8-13-11-24-15-5-3-2-4-14(15)18(13)20/h2-5,8-10H,6-7,11H2,1H3/b13-8+. The van der Waals surface area contributed by atoms with Gasteiger partial charge in [0.15, 0.2) is 17.3 Å². The number of carbonyl (C=O) groups excluding carboxylic acids is 1. The maximum absolute atomic E-state index is 12.6. The van der Waals surface area contributed by atoms with Crippen molar-refractivity contribution in [2.24, 2.45) is 0 Å². The molecule has 122 valence electrons. The Morgan fingerprint density at radius 3 is 2.75 bits per heavy atom. The SMILES string of the molecule is COc1cc(/C=C2\COc3ccccc3C2=O)cc2c1OCCO2. The lowest BCUT2D eigenvalue weighted by atomic mass is 9.98. The maximum atomic E-state index is 12.6. The minimum absolute atomic E-state index is 0.0225. The van der Waals surface area contributed by atoms with E-state index in [2.05, 4.69) is 0 Å². The molecule has 0 spiro atoms. The van der Waals surface area contributed by atoms with Crippen LogP contribution in [0.15, 0.2) is 42.0 Å². The Morgan fingerprint density at radius 1 is 1.04 bits per heavy atom. The zero-order valence-corrected chi connectivity index (χ0v) is 13.2. The molecule has 2 aliphatic heterocycles. The zero-order chi connectivity index (χ0) is 16.5. The third-order valence-electron chi connectivity index (χ3n) is 4.00. The summed E-state index contributed by atoms with van der Waals surface area (Å²) < 4.78 is 22.3. The third kappa shape index (κ3) is 2.48. The summed E-state index contributed by atoms with van der Waals surface area (Å²) >= 11 is 0. The molecule has 0 unspecified atom stereocenters. The van der Waals surface area contributed by atoms with Crippen molar-refractivity contribution in [2.75, 3.05) is 26.9 Å². The van der Waals surface area contributed by atoms with Crippen LogP contribution in [0.25, 0.3) is 6.08 Å². The number of fused-ring (bicyclic) bond motifs is 2. The van der Waals surface area contributed by atoms with Crippen LogP contribution >= 0.6 is 0 Å². The van der Waals surface area contributed by atoms with Crippen molar-refractivity contribution >= 4 is 11.9 Å². The van der Waals surface area contributed by atoms with Crippen molar-refractivity contribution in [3.63, 3.8) is 0 Å². The van der Waals surface area contributed by atoms with Crippen LogP contribution in [-0.4, -0.2) is 32.7 Å². The molecule has 5 nitrogen and oxygen atoms in total. The Kier molecular flexibility index (Phi) is 3.61. The van der Waals surface area contributed by atoms with Crippen molar-refractivity contribution in [1.82, 2.24) is 0 Å². The van der Waals surface area contributed by atoms with Crippen LogP contribution in [0.5, 0.6) is 23.0 Å². The normalized spacial score (nSPS) is 17.2. The molecule has 2 aromatic carbocycles. The summed E-state index contributed by atoms with van der Waals surface area (Å²) in [5.41, 5.74) is 1.98. The van der Waals surface area contributed by atoms with Gasteiger partial charge in [0.1, 0.15) is 25.6 Å². The van der Waals surface area contributed by atoms with E-state index >= 15 is 0 Å². The predicted octanol–water partition coefficient (Wildman–Crippen LogP) is 3.13. The van der Waals surface area contributed by atoms with Gasteiger partial charge in [0.25, 0.3) is 0 Å². The minimum atomic E-state index is -0.0225. The molecule has 0 saturated carbocycles. The number of ether oxygens (including phenoxy) is 4. The molecule has 0 saturated heterocycles. The van der Waals surface area contributed by atoms with Gasteiger partial charge in [-0.3, -0.25) is 4.79 Å². The number of ketones is 1. The summed E-state index contributed by atoms with van der Waals surface area (Å²) in [6.07, 6.45) is 1.80. The lowest BCUT2D eigenvalue weighted by Crippen LogP contribution is -2.19. The second kappa shape index (κ2) is 5.92. The first-order valence-corrected chi connectivity index (χ1v) is 7.71. The van der Waals surface area contributed by atoms with Gasteiger partial charge in [0, 0.05) is 5.57 Å². The maximum Gasteiger partial charge on any atom is 0.203 e. The predicted molar refractivity (Wildman–Crippen MR) is 88.2 cm³/mol. The smallest absolute Gasteiger partial charge is 0.203 e. The average molecular weight is 324 g/mol. The van der Waals surface area contributed by atoms with Gasteiger partial charge in [-0.2, -0.15) is 0 Å². The number of rotatable bonds is 2. The minimum Gasteiger partial charge on any atom is -0.493 e. The summed E-state index contributed by atoms with van der Waals surface area (Å²) in [5, 5.41) is 0. The molecule has 5 heteroatoms. The summed E-state index contributed by atoms with van der Waals surface area (Å²) in [7, 11) is 1.58. The topological polar surface area (TPSA) is 54.0 Å². The van der Waals surface area contributed by atoms with Crippen molar-refractivity contribution in [1.29, 1.82) is 0 Å². The molecule has 0 fully saturated rings. The summed E-state index contributed by atoms with van der Waals surface area (Å²) in [6.45, 7) is 1.23. The summed E-state index contributed by atoms with van der Waals surface area (Å²) in [6, 6.07) is 10.9. The van der Waals surface area contributed by atoms with E-state index in [1.54, 1.807) is 25.3 Å². The van der Waals surface area contributed by atoms with Gasteiger partial charge in [0.05, 0.1) is 12.7 Å². The molecule has 0 N–H and O–H groups in total. The number of hydrogen-bond acceptors (Lipinski definition) is 5. The van der Waals surface area contributed by atoms with Gasteiger partial charge in [-0.15, -0.1) is 0 Å². The molecule has 24 heavy (non-hydrogen) atoms. The van der Waals surface area contributed by atoms with E-state index in [4.69, 9.17) is 18.9 Å². The van der Waals surface area contributed by atoms with Crippen LogP contribution in [0.2, 0.25) is 0 Å². The molecular weight excluding hydrogens is 308 g/mol. The summed E-state index contributed by atoms with van der Waals surface area (Å²) in [5.74, 6) is 2.41. The van der Waals surface area contributed by atoms with Gasteiger partial charge in [-0.05, 0) is 35.9 Å². The molecule has 2 aromatic rings. The van der Waals surface area contributed by atoms with Gasteiger partial charge >= 0.3 is 0 Å². The number of para-hydroxylation sites is 1. The van der Waals surface area contributed by atoms with Crippen molar-refractivity contribution in [3.8, 4) is 23.0 Å². The Hall–Kier alpha value is -2.95. The number of Topliss-reactive ketones (excluding diaryl/α,β-unsaturated/α-hetero) is 1. The molecule has 0 bridgehead atoms. The molecule has 0 atom stereocenters. The van der Waals surface area contributed by atoms with Crippen LogP contribution in [0.4, 0.5) is 0 Å². The highest BCUT2D eigenvalue weighted by Gasteiger charge is 2.24. The monoisotopic (exact) mass is 324 g/mol. The van der Waals surface area contributed by atoms with E-state index in [1.165, 1.54) is 0 Å². The first kappa shape index (κ1) is 14.6. The fourth-order valence-corrected chi connectivity index (χ4v) is 2.86. The molecular formula is C19H16O5. The van der Waals surface area contributed by atoms with E-state index in [1.807, 2.05) is 24.3 Å². The van der Waals surface area contributed by atoms with E-state index < -0.39 is 0 Å². The quantitative estimate of drug-likeness (QED) is 0.795. The first-order valence-electron chi connectivity index (χ1n) is 7.71. The molecule has 2 heterocycles. The highest BCUT2D eigenvalue weighted by molar-refractivity contribution is 6.14. The van der Waals surface area contributed by atoms with Crippen LogP contribution in [0, 0.1) is 0 Å². The number of benzene rings is 2. The average Bonchev–Trinajstić information content (AvgIpc) is 2.63. The fourth-order valence-electron chi connectivity index (χ4n) is 2.86. The fraction of sp³-hybridized carbons (Fsp3) is 0.211. The van der Waals surface area contributed by atoms with Gasteiger partial charge in [-0.1, -0.05) is 12.1 Å². The number of hydrogen-bond donors (Lipinski definition) is 0. The molecule has 0 aliphatic carbocycles. The Morgan fingerprint density at radius 2 is 1.88 bits per heavy atom. The summed E-state index contributed by atoms with van der Waals surface area (Å²) in [4.78, 5) is 12.6. The van der Waals surface area contributed by atoms with Crippen LogP contribution in [-0.2, 0) is 0 Å². The lowest BCUT2D eigenvalue weighted by molar-refractivity contribution is 0.100. The van der Waals surface area contributed by atoms with Gasteiger partial charge in [0.2, 0.25) is 5.75 Å². The van der Waals surface area contributed by atoms with Crippen LogP contribution in [0.1, 0.15) is 15.9 Å². The second-order valence-electron chi connectivity index (χ2n) is 5.53. The van der Waals surface area contributed by atoms with E-state index in [0.717, 1.165) is 5.56 Å². The first-order chi connectivity index (χ1) is 11.8. The van der Waals surface area contributed by atoms with E-state index in [-0.39, 0.29) is 12.4 Å². The van der Waals surface area contributed by atoms with Crippen LogP contribution < -0.4 is 18.9 Å². The second-order valence-corrected chi connectivity index (χ2v) is 5.53. The van der Waals surface area contributed by atoms with E-state index in [0.29, 0.717) is 47.3 Å². The Labute approximate surface area is 139 Å². The van der Waals surface area contributed by atoms with Crippen molar-refractivity contribution < 1.29 is 23.7 Å². The molecule has 0 amide bonds. The lowest BCUT2D eigenvalue weighted by Gasteiger charge is -2.21. The highest BCUT2D eigenvalue weighted by Crippen LogP contribution is 2.41. The molecule has 0 radical (unpaired) electrons. The zero-order valence-electron chi connectivity index (χ0n) is 13.2. The molecule has 4 rings (SSSR count). The third-order valence-corrected chi connectivity index (χ3v) is 4.00. The molecule has 0 aromatic heterocycles. The molecule has 2 aliphatic rings. The van der Waals surface area contributed by atoms with E-state index in [9.17, 15) is 4.79 Å². The Balaban J connectivity index is 1.73. The van der Waals surface area contributed by atoms with Crippen molar-refractivity contribution in [2.45, 2.75) is 0 Å².